The summed E-state index contributed by atoms with van der Waals surface area (Å²) in [7, 11) is -3.97. The number of hydrogen-bond acceptors (Lipinski definition) is 3. The molecule has 3 rings (SSSR count). The quantitative estimate of drug-likeness (QED) is 0.304. The lowest BCUT2D eigenvalue weighted by molar-refractivity contribution is -0.122. The number of benzene rings is 3. The van der Waals surface area contributed by atoms with Gasteiger partial charge in [-0.3, -0.25) is 4.79 Å². The number of rotatable bonds is 8. The minimum atomic E-state index is -3.97. The standard InChI is InChI=1S/C23H20Br2Cl2N2O3S/c1-15(17-3-2-4-19(25)12-17)28-23(30)14-29(13-16-5-10-21(26)22(27)11-16)33(31,32)20-8-6-18(24)7-9-20/h2-12,15H,13-14H2,1H3,(H,28,30). The molecule has 0 heterocycles. The number of carbonyl (C=O) groups excluding carboxylic acids is 1. The van der Waals surface area contributed by atoms with E-state index in [1.807, 2.05) is 31.2 Å². The van der Waals surface area contributed by atoms with E-state index in [0.717, 1.165) is 18.8 Å². The van der Waals surface area contributed by atoms with Crippen molar-refractivity contribution in [3.8, 4) is 0 Å². The first-order valence-electron chi connectivity index (χ1n) is 9.81. The van der Waals surface area contributed by atoms with Gasteiger partial charge in [-0.25, -0.2) is 8.42 Å². The number of nitrogens with zero attached hydrogens (tertiary/aromatic N) is 1. The Kier molecular flexibility index (Phi) is 9.00. The fourth-order valence-corrected chi connectivity index (χ4v) is 5.52. The summed E-state index contributed by atoms with van der Waals surface area (Å²) in [6.07, 6.45) is 0. The van der Waals surface area contributed by atoms with E-state index in [-0.39, 0.29) is 24.0 Å². The van der Waals surface area contributed by atoms with Crippen LogP contribution in [0.4, 0.5) is 0 Å². The van der Waals surface area contributed by atoms with Gasteiger partial charge in [0.1, 0.15) is 0 Å². The van der Waals surface area contributed by atoms with E-state index in [0.29, 0.717) is 15.6 Å². The molecule has 1 atom stereocenters. The van der Waals surface area contributed by atoms with Gasteiger partial charge in [0, 0.05) is 15.5 Å². The zero-order chi connectivity index (χ0) is 24.2. The molecule has 3 aromatic rings. The second-order valence-electron chi connectivity index (χ2n) is 7.32. The molecule has 0 bridgehead atoms. The second kappa shape index (κ2) is 11.3. The molecule has 3 aromatic carbocycles. The number of hydrogen-bond donors (Lipinski definition) is 1. The van der Waals surface area contributed by atoms with Crippen molar-refractivity contribution >= 4 is 71.0 Å². The molecule has 10 heteroatoms. The molecular formula is C23H20Br2Cl2N2O3S. The van der Waals surface area contributed by atoms with Crippen LogP contribution in [0.1, 0.15) is 24.1 Å². The fraction of sp³-hybridized carbons (Fsp3) is 0.174. The molecule has 33 heavy (non-hydrogen) atoms. The van der Waals surface area contributed by atoms with Crippen molar-refractivity contribution in [2.24, 2.45) is 0 Å². The Morgan fingerprint density at radius 2 is 1.67 bits per heavy atom. The van der Waals surface area contributed by atoms with E-state index in [4.69, 9.17) is 23.2 Å². The molecule has 0 aliphatic rings. The summed E-state index contributed by atoms with van der Waals surface area (Å²) in [6, 6.07) is 18.4. The predicted molar refractivity (Wildman–Crippen MR) is 139 cm³/mol. The average Bonchev–Trinajstić information content (AvgIpc) is 2.76. The zero-order valence-corrected chi connectivity index (χ0v) is 22.9. The number of sulfonamides is 1. The maximum atomic E-state index is 13.4. The van der Waals surface area contributed by atoms with E-state index in [9.17, 15) is 13.2 Å². The fourth-order valence-electron chi connectivity index (χ4n) is 3.13. The Morgan fingerprint density at radius 3 is 2.30 bits per heavy atom. The SMILES string of the molecule is CC(NC(=O)CN(Cc1ccc(Cl)c(Cl)c1)S(=O)(=O)c1ccc(Br)cc1)c1cccc(Br)c1. The molecule has 5 nitrogen and oxygen atoms in total. The van der Waals surface area contributed by atoms with E-state index in [1.54, 1.807) is 30.3 Å². The smallest absolute Gasteiger partial charge is 0.243 e. The van der Waals surface area contributed by atoms with Crippen LogP contribution < -0.4 is 5.32 Å². The lowest BCUT2D eigenvalue weighted by Crippen LogP contribution is -2.41. The first-order chi connectivity index (χ1) is 15.6. The largest absolute Gasteiger partial charge is 0.348 e. The van der Waals surface area contributed by atoms with Gasteiger partial charge in [0.25, 0.3) is 0 Å². The molecule has 0 aliphatic carbocycles. The third-order valence-corrected chi connectivity index (χ3v) is 8.41. The predicted octanol–water partition coefficient (Wildman–Crippen LogP) is 6.59. The van der Waals surface area contributed by atoms with Crippen LogP contribution in [0.25, 0.3) is 0 Å². The normalized spacial score (nSPS) is 12.5. The molecular weight excluding hydrogens is 615 g/mol. The van der Waals surface area contributed by atoms with Crippen LogP contribution >= 0.6 is 55.1 Å². The molecule has 0 spiro atoms. The van der Waals surface area contributed by atoms with Crippen molar-refractivity contribution in [1.29, 1.82) is 0 Å². The highest BCUT2D eigenvalue weighted by Crippen LogP contribution is 2.26. The van der Waals surface area contributed by atoms with E-state index in [1.165, 1.54) is 12.1 Å². The summed E-state index contributed by atoms with van der Waals surface area (Å²) in [5.41, 5.74) is 1.50. The van der Waals surface area contributed by atoms with Crippen LogP contribution in [0.15, 0.2) is 80.6 Å². The number of halogens is 4. The number of carbonyl (C=O) groups is 1. The van der Waals surface area contributed by atoms with Gasteiger partial charge in [-0.2, -0.15) is 4.31 Å². The van der Waals surface area contributed by atoms with Crippen LogP contribution in [0.2, 0.25) is 10.0 Å². The highest BCUT2D eigenvalue weighted by atomic mass is 79.9. The minimum Gasteiger partial charge on any atom is -0.348 e. The number of amides is 1. The lowest BCUT2D eigenvalue weighted by Gasteiger charge is -2.23. The van der Waals surface area contributed by atoms with Crippen molar-refractivity contribution in [2.45, 2.75) is 24.4 Å². The van der Waals surface area contributed by atoms with E-state index >= 15 is 0 Å². The summed E-state index contributed by atoms with van der Waals surface area (Å²) >= 11 is 18.8. The molecule has 0 aliphatic heterocycles. The molecule has 1 N–H and O–H groups in total. The van der Waals surface area contributed by atoms with E-state index < -0.39 is 15.9 Å². The Balaban J connectivity index is 1.86. The summed E-state index contributed by atoms with van der Waals surface area (Å²) < 4.78 is 29.6. The van der Waals surface area contributed by atoms with Crippen molar-refractivity contribution in [1.82, 2.24) is 9.62 Å². The van der Waals surface area contributed by atoms with Gasteiger partial charge in [0.2, 0.25) is 15.9 Å². The van der Waals surface area contributed by atoms with Crippen LogP contribution in [0.5, 0.6) is 0 Å². The molecule has 0 radical (unpaired) electrons. The molecule has 0 saturated carbocycles. The van der Waals surface area contributed by atoms with E-state index in [2.05, 4.69) is 37.2 Å². The summed E-state index contributed by atoms with van der Waals surface area (Å²) in [5.74, 6) is -0.428. The lowest BCUT2D eigenvalue weighted by atomic mass is 10.1. The van der Waals surface area contributed by atoms with Crippen molar-refractivity contribution in [3.63, 3.8) is 0 Å². The highest BCUT2D eigenvalue weighted by molar-refractivity contribution is 9.10. The first kappa shape index (κ1) is 26.2. The third-order valence-electron chi connectivity index (χ3n) is 4.84. The maximum Gasteiger partial charge on any atom is 0.243 e. The van der Waals surface area contributed by atoms with Crippen LogP contribution in [0, 0.1) is 0 Å². The highest BCUT2D eigenvalue weighted by Gasteiger charge is 2.27. The third kappa shape index (κ3) is 7.04. The van der Waals surface area contributed by atoms with Crippen molar-refractivity contribution in [2.75, 3.05) is 6.54 Å². The first-order valence-corrected chi connectivity index (χ1v) is 13.6. The van der Waals surface area contributed by atoms with Crippen molar-refractivity contribution < 1.29 is 13.2 Å². The maximum absolute atomic E-state index is 13.4. The minimum absolute atomic E-state index is 0.0476. The number of nitrogens with one attached hydrogen (secondary N) is 1. The monoisotopic (exact) mass is 632 g/mol. The van der Waals surface area contributed by atoms with Crippen molar-refractivity contribution in [3.05, 3.63) is 96.8 Å². The van der Waals surface area contributed by atoms with Gasteiger partial charge in [-0.1, -0.05) is 73.3 Å². The van der Waals surface area contributed by atoms with Gasteiger partial charge in [0.05, 0.1) is 27.5 Å². The summed E-state index contributed by atoms with van der Waals surface area (Å²) in [6.45, 7) is 1.43. The molecule has 0 aromatic heterocycles. The Hall–Kier alpha value is -1.42. The van der Waals surface area contributed by atoms with Gasteiger partial charge in [-0.15, -0.1) is 0 Å². The van der Waals surface area contributed by atoms with Crippen LogP contribution in [-0.4, -0.2) is 25.2 Å². The van der Waals surface area contributed by atoms with Crippen LogP contribution in [-0.2, 0) is 21.4 Å². The Labute approximate surface area is 220 Å². The molecule has 1 amide bonds. The molecule has 0 saturated heterocycles. The van der Waals surface area contributed by atoms with Gasteiger partial charge >= 0.3 is 0 Å². The topological polar surface area (TPSA) is 66.5 Å². The molecule has 1 unspecified atom stereocenters. The molecule has 0 fully saturated rings. The second-order valence-corrected chi connectivity index (χ2v) is 11.9. The Morgan fingerprint density at radius 1 is 0.970 bits per heavy atom. The van der Waals surface area contributed by atoms with Gasteiger partial charge < -0.3 is 5.32 Å². The molecule has 174 valence electrons. The summed E-state index contributed by atoms with van der Waals surface area (Å²) in [5, 5.41) is 3.54. The van der Waals surface area contributed by atoms with Gasteiger partial charge in [-0.05, 0) is 66.6 Å². The average molecular weight is 635 g/mol. The zero-order valence-electron chi connectivity index (χ0n) is 17.4. The van der Waals surface area contributed by atoms with Crippen LogP contribution in [0.3, 0.4) is 0 Å². The Bertz CT molecular complexity index is 1250. The summed E-state index contributed by atoms with van der Waals surface area (Å²) in [4.78, 5) is 13.0. The van der Waals surface area contributed by atoms with Gasteiger partial charge in [0.15, 0.2) is 0 Å².